The summed E-state index contributed by atoms with van der Waals surface area (Å²) >= 11 is 0. The minimum Gasteiger partial charge on any atom is -0.0616 e. The van der Waals surface area contributed by atoms with Crippen LogP contribution in [0.2, 0.25) is 0 Å². The number of hydrogen-bond donors (Lipinski definition) is 0. The molecule has 0 aromatic heterocycles. The Morgan fingerprint density at radius 3 is 0.704 bits per heavy atom. The molecule has 0 fully saturated rings. The maximum atomic E-state index is 2.34. The lowest BCUT2D eigenvalue weighted by Gasteiger charge is -2.14. The summed E-state index contributed by atoms with van der Waals surface area (Å²) in [6.07, 6.45) is 0. The van der Waals surface area contributed by atoms with Gasteiger partial charge in [-0.2, -0.15) is 0 Å². The van der Waals surface area contributed by atoms with Crippen molar-refractivity contribution in [3.05, 3.63) is 218 Å². The van der Waals surface area contributed by atoms with Gasteiger partial charge in [0.2, 0.25) is 0 Å². The van der Waals surface area contributed by atoms with Crippen LogP contribution >= 0.6 is 0 Å². The molecule has 0 unspecified atom stereocenters. The maximum Gasteiger partial charge on any atom is -0.0105 e. The van der Waals surface area contributed by atoms with Crippen LogP contribution in [0, 0.1) is 0 Å². The third-order valence-electron chi connectivity index (χ3n) is 10.9. The van der Waals surface area contributed by atoms with Crippen molar-refractivity contribution in [2.75, 3.05) is 0 Å². The fourth-order valence-electron chi connectivity index (χ4n) is 8.09. The lowest BCUT2D eigenvalue weighted by Crippen LogP contribution is -1.88. The van der Waals surface area contributed by atoms with Crippen molar-refractivity contribution in [3.8, 4) is 66.8 Å². The summed E-state index contributed by atoms with van der Waals surface area (Å²) in [5.74, 6) is 0. The number of fused-ring (bicyclic) bond motifs is 3. The second-order valence-corrected chi connectivity index (χ2v) is 14.1. The van der Waals surface area contributed by atoms with Gasteiger partial charge in [-0.25, -0.2) is 0 Å². The molecule has 0 aliphatic heterocycles. The lowest BCUT2D eigenvalue weighted by molar-refractivity contribution is 1.56. The average molecular weight is 685 g/mol. The second-order valence-electron chi connectivity index (χ2n) is 14.1. The third kappa shape index (κ3) is 5.85. The lowest BCUT2D eigenvalue weighted by atomic mass is 9.90. The van der Waals surface area contributed by atoms with Gasteiger partial charge in [0, 0.05) is 0 Å². The zero-order chi connectivity index (χ0) is 35.8. The van der Waals surface area contributed by atoms with Crippen LogP contribution in [-0.4, -0.2) is 0 Å². The summed E-state index contributed by atoms with van der Waals surface area (Å²) in [5, 5.41) is 7.60. The SMILES string of the molecule is c1ccc2c(-c3ccc(-c4cc(-c5ccc(-c6cccc7ccccc67)cc5)cc(-c5ccc(-c6cccc7ccccc67)cc5)c4)cc3)cccc2c1. The molecule has 0 radical (unpaired) electrons. The molecule has 0 aliphatic rings. The van der Waals surface area contributed by atoms with Crippen molar-refractivity contribution < 1.29 is 0 Å². The molecule has 0 heteroatoms. The van der Waals surface area contributed by atoms with Gasteiger partial charge in [0.05, 0.1) is 0 Å². The highest BCUT2D eigenvalue weighted by atomic mass is 14.2. The molecule has 0 bridgehead atoms. The summed E-state index contributed by atoms with van der Waals surface area (Å²) in [5.41, 5.74) is 14.6. The van der Waals surface area contributed by atoms with Gasteiger partial charge in [-0.05, 0) is 117 Å². The quantitative estimate of drug-likeness (QED) is 0.164. The summed E-state index contributed by atoms with van der Waals surface area (Å²) in [6, 6.07) is 79.8. The summed E-state index contributed by atoms with van der Waals surface area (Å²) < 4.78 is 0. The van der Waals surface area contributed by atoms with Gasteiger partial charge in [-0.15, -0.1) is 0 Å². The van der Waals surface area contributed by atoms with E-state index in [4.69, 9.17) is 0 Å². The van der Waals surface area contributed by atoms with Crippen molar-refractivity contribution in [3.63, 3.8) is 0 Å². The van der Waals surface area contributed by atoms with Crippen LogP contribution in [0.3, 0.4) is 0 Å². The van der Waals surface area contributed by atoms with Gasteiger partial charge in [0.15, 0.2) is 0 Å². The van der Waals surface area contributed by atoms with Gasteiger partial charge >= 0.3 is 0 Å². The monoisotopic (exact) mass is 684 g/mol. The van der Waals surface area contributed by atoms with Crippen molar-refractivity contribution in [1.29, 1.82) is 0 Å². The minimum atomic E-state index is 1.20. The van der Waals surface area contributed by atoms with Crippen molar-refractivity contribution in [2.24, 2.45) is 0 Å². The van der Waals surface area contributed by atoms with Crippen LogP contribution in [0.1, 0.15) is 0 Å². The van der Waals surface area contributed by atoms with Gasteiger partial charge in [-0.3, -0.25) is 0 Å². The van der Waals surface area contributed by atoms with Gasteiger partial charge < -0.3 is 0 Å². The molecule has 10 aromatic rings. The molecule has 0 aliphatic carbocycles. The van der Waals surface area contributed by atoms with Crippen molar-refractivity contribution in [1.82, 2.24) is 0 Å². The molecule has 10 rings (SSSR count). The van der Waals surface area contributed by atoms with Crippen molar-refractivity contribution in [2.45, 2.75) is 0 Å². The Bertz CT molecular complexity index is 2590. The minimum absolute atomic E-state index is 1.20. The van der Waals surface area contributed by atoms with E-state index in [0.29, 0.717) is 0 Å². The zero-order valence-corrected chi connectivity index (χ0v) is 29.8. The van der Waals surface area contributed by atoms with Crippen molar-refractivity contribution >= 4 is 32.3 Å². The summed E-state index contributed by atoms with van der Waals surface area (Å²) in [6.45, 7) is 0. The molecule has 0 atom stereocenters. The Kier molecular flexibility index (Phi) is 7.93. The van der Waals surface area contributed by atoms with Crippen LogP contribution in [0.25, 0.3) is 99.1 Å². The zero-order valence-electron chi connectivity index (χ0n) is 29.8. The molecule has 0 amide bonds. The molecule has 252 valence electrons. The van der Waals surface area contributed by atoms with E-state index in [0.717, 1.165) is 0 Å². The molecule has 10 aromatic carbocycles. The van der Waals surface area contributed by atoms with Gasteiger partial charge in [0.25, 0.3) is 0 Å². The topological polar surface area (TPSA) is 0 Å². The van der Waals surface area contributed by atoms with E-state index in [9.17, 15) is 0 Å². The Morgan fingerprint density at radius 1 is 0.167 bits per heavy atom. The predicted molar refractivity (Wildman–Crippen MR) is 232 cm³/mol. The van der Waals surface area contributed by atoms with Crippen LogP contribution in [-0.2, 0) is 0 Å². The van der Waals surface area contributed by atoms with E-state index in [1.165, 1.54) is 99.1 Å². The molecular formula is C54H36. The van der Waals surface area contributed by atoms with Crippen LogP contribution in [0.15, 0.2) is 218 Å². The molecule has 0 heterocycles. The van der Waals surface area contributed by atoms with E-state index in [2.05, 4.69) is 218 Å². The molecule has 0 nitrogen and oxygen atoms in total. The molecular weight excluding hydrogens is 649 g/mol. The predicted octanol–water partition coefficient (Wildman–Crippen LogP) is 15.1. The first-order valence-electron chi connectivity index (χ1n) is 18.7. The first-order valence-corrected chi connectivity index (χ1v) is 18.7. The van der Waals surface area contributed by atoms with Crippen LogP contribution in [0.4, 0.5) is 0 Å². The second kappa shape index (κ2) is 13.5. The molecule has 0 saturated heterocycles. The van der Waals surface area contributed by atoms with E-state index >= 15 is 0 Å². The van der Waals surface area contributed by atoms with Gasteiger partial charge in [-0.1, -0.05) is 200 Å². The van der Waals surface area contributed by atoms with Crippen LogP contribution in [0.5, 0.6) is 0 Å². The number of hydrogen-bond acceptors (Lipinski definition) is 0. The summed E-state index contributed by atoms with van der Waals surface area (Å²) in [7, 11) is 0. The van der Waals surface area contributed by atoms with E-state index in [1.807, 2.05) is 0 Å². The highest BCUT2D eigenvalue weighted by Gasteiger charge is 2.12. The Balaban J connectivity index is 1.06. The first-order chi connectivity index (χ1) is 26.7. The van der Waals surface area contributed by atoms with E-state index < -0.39 is 0 Å². The van der Waals surface area contributed by atoms with Gasteiger partial charge in [0.1, 0.15) is 0 Å². The smallest absolute Gasteiger partial charge is 0.0105 e. The third-order valence-corrected chi connectivity index (χ3v) is 10.9. The Morgan fingerprint density at radius 2 is 0.407 bits per heavy atom. The highest BCUT2D eigenvalue weighted by molar-refractivity contribution is 5.99. The maximum absolute atomic E-state index is 2.34. The average Bonchev–Trinajstić information content (AvgIpc) is 3.26. The number of benzene rings is 10. The van der Waals surface area contributed by atoms with Crippen LogP contribution < -0.4 is 0 Å². The number of rotatable bonds is 6. The van der Waals surface area contributed by atoms with E-state index in [-0.39, 0.29) is 0 Å². The van der Waals surface area contributed by atoms with E-state index in [1.54, 1.807) is 0 Å². The fourth-order valence-corrected chi connectivity index (χ4v) is 8.09. The standard InChI is InChI=1S/C54H36/c1-4-16-49-40(10-1)13-7-19-52(49)43-28-22-37(23-29-43)46-34-47(38-24-30-44(31-25-38)53-20-8-14-41-11-2-5-17-50(41)53)36-48(35-46)39-26-32-45(33-27-39)54-21-9-15-42-12-3-6-18-51(42)54/h1-36H. The Hall–Kier alpha value is -7.02. The largest absolute Gasteiger partial charge is 0.0616 e. The summed E-state index contributed by atoms with van der Waals surface area (Å²) in [4.78, 5) is 0. The molecule has 0 saturated carbocycles. The fraction of sp³-hybridized carbons (Fsp3) is 0. The Labute approximate surface area is 316 Å². The molecule has 0 N–H and O–H groups in total. The first kappa shape index (κ1) is 31.7. The normalized spacial score (nSPS) is 11.3. The molecule has 0 spiro atoms. The highest BCUT2D eigenvalue weighted by Crippen LogP contribution is 2.38. The molecule has 54 heavy (non-hydrogen) atoms.